The fourth-order valence-electron chi connectivity index (χ4n) is 2.47. The second-order valence-electron chi connectivity index (χ2n) is 6.07. The van der Waals surface area contributed by atoms with Crippen LogP contribution in [-0.4, -0.2) is 17.7 Å². The molecule has 9 heteroatoms. The molecule has 30 heavy (non-hydrogen) atoms. The number of amides is 3. The molecule has 0 saturated heterocycles. The van der Waals surface area contributed by atoms with Gasteiger partial charge in [0.15, 0.2) is 0 Å². The van der Waals surface area contributed by atoms with Gasteiger partial charge in [-0.1, -0.05) is 40.9 Å². The van der Waals surface area contributed by atoms with Crippen molar-refractivity contribution < 1.29 is 14.4 Å². The van der Waals surface area contributed by atoms with Crippen molar-refractivity contribution in [1.29, 1.82) is 0 Å². The van der Waals surface area contributed by atoms with E-state index in [9.17, 15) is 14.4 Å². The summed E-state index contributed by atoms with van der Waals surface area (Å²) in [5, 5.41) is 3.78. The monoisotopic (exact) mass is 461 g/mol. The largest absolute Gasteiger partial charge is 0.322 e. The van der Waals surface area contributed by atoms with Gasteiger partial charge in [0.2, 0.25) is 0 Å². The number of nitrogens with one attached hydrogen (secondary N) is 3. The van der Waals surface area contributed by atoms with Gasteiger partial charge in [-0.15, -0.1) is 0 Å². The zero-order valence-corrected chi connectivity index (χ0v) is 17.5. The van der Waals surface area contributed by atoms with Crippen LogP contribution in [0.5, 0.6) is 0 Å². The molecule has 0 saturated carbocycles. The molecular formula is C21H14Cl3N3O3. The number of carbonyl (C=O) groups is 3. The molecule has 0 aromatic heterocycles. The molecule has 3 amide bonds. The van der Waals surface area contributed by atoms with Gasteiger partial charge in [0, 0.05) is 26.9 Å². The molecule has 3 N–H and O–H groups in total. The number of hydrazine groups is 1. The lowest BCUT2D eigenvalue weighted by Gasteiger charge is -2.10. The molecule has 6 nitrogen and oxygen atoms in total. The van der Waals surface area contributed by atoms with E-state index >= 15 is 0 Å². The zero-order chi connectivity index (χ0) is 21.7. The van der Waals surface area contributed by atoms with E-state index in [1.54, 1.807) is 30.3 Å². The summed E-state index contributed by atoms with van der Waals surface area (Å²) in [6.45, 7) is 0. The van der Waals surface area contributed by atoms with Crippen molar-refractivity contribution in [2.45, 2.75) is 0 Å². The second-order valence-corrected chi connectivity index (χ2v) is 7.35. The Hall–Kier alpha value is -3.06. The van der Waals surface area contributed by atoms with E-state index in [-0.39, 0.29) is 16.1 Å². The molecule has 0 radical (unpaired) electrons. The molecule has 0 heterocycles. The third kappa shape index (κ3) is 5.51. The van der Waals surface area contributed by atoms with E-state index in [1.165, 1.54) is 36.4 Å². The van der Waals surface area contributed by atoms with Crippen molar-refractivity contribution in [3.8, 4) is 0 Å². The van der Waals surface area contributed by atoms with E-state index in [4.69, 9.17) is 34.8 Å². The number of anilines is 1. The molecule has 152 valence electrons. The molecule has 0 aliphatic rings. The van der Waals surface area contributed by atoms with Crippen LogP contribution in [0, 0.1) is 0 Å². The lowest BCUT2D eigenvalue weighted by Crippen LogP contribution is -2.41. The van der Waals surface area contributed by atoms with Crippen LogP contribution >= 0.6 is 34.8 Å². The van der Waals surface area contributed by atoms with E-state index in [2.05, 4.69) is 16.2 Å². The van der Waals surface area contributed by atoms with Gasteiger partial charge >= 0.3 is 0 Å². The quantitative estimate of drug-likeness (QED) is 0.478. The van der Waals surface area contributed by atoms with Crippen LogP contribution in [0.2, 0.25) is 15.1 Å². The van der Waals surface area contributed by atoms with Crippen molar-refractivity contribution in [2.24, 2.45) is 0 Å². The van der Waals surface area contributed by atoms with Gasteiger partial charge in [-0.2, -0.15) is 0 Å². The molecule has 0 aliphatic heterocycles. The first-order valence-corrected chi connectivity index (χ1v) is 9.69. The van der Waals surface area contributed by atoms with Gasteiger partial charge in [-0.05, 0) is 60.7 Å². The molecule has 0 unspecified atom stereocenters. The minimum absolute atomic E-state index is 0.207. The first-order chi connectivity index (χ1) is 14.3. The number of halogens is 3. The van der Waals surface area contributed by atoms with Gasteiger partial charge in [0.1, 0.15) is 0 Å². The number of benzene rings is 3. The first-order valence-electron chi connectivity index (χ1n) is 8.56. The van der Waals surface area contributed by atoms with Gasteiger partial charge in [0.05, 0.1) is 10.6 Å². The normalized spacial score (nSPS) is 10.2. The van der Waals surface area contributed by atoms with E-state index in [0.29, 0.717) is 21.3 Å². The fraction of sp³-hybridized carbons (Fsp3) is 0. The summed E-state index contributed by atoms with van der Waals surface area (Å²) in [5.41, 5.74) is 5.82. The van der Waals surface area contributed by atoms with Crippen LogP contribution in [0.15, 0.2) is 66.7 Å². The van der Waals surface area contributed by atoms with Crippen LogP contribution in [0.4, 0.5) is 5.69 Å². The molecule has 0 atom stereocenters. The maximum atomic E-state index is 12.4. The van der Waals surface area contributed by atoms with Gasteiger partial charge in [0.25, 0.3) is 17.7 Å². The highest BCUT2D eigenvalue weighted by molar-refractivity contribution is 6.37. The summed E-state index contributed by atoms with van der Waals surface area (Å²) in [6.07, 6.45) is 0. The highest BCUT2D eigenvalue weighted by atomic mass is 35.5. The standard InChI is InChI=1S/C21H14Cl3N3O3/c22-14-6-4-12(5-7-14)19(28)26-27-20(29)13-2-1-3-16(10-13)25-21(30)17-9-8-15(23)11-18(17)24/h1-11H,(H,25,30)(H,26,28)(H,27,29). The average Bonchev–Trinajstić information content (AvgIpc) is 2.72. The summed E-state index contributed by atoms with van der Waals surface area (Å²) in [5.74, 6) is -1.51. The van der Waals surface area contributed by atoms with Gasteiger partial charge in [-0.25, -0.2) is 0 Å². The predicted octanol–water partition coefficient (Wildman–Crippen LogP) is 4.97. The molecule has 0 bridgehead atoms. The Balaban J connectivity index is 1.64. The van der Waals surface area contributed by atoms with Crippen molar-refractivity contribution in [3.05, 3.63) is 98.5 Å². The maximum absolute atomic E-state index is 12.4. The predicted molar refractivity (Wildman–Crippen MR) is 117 cm³/mol. The Morgan fingerprint density at radius 3 is 1.93 bits per heavy atom. The van der Waals surface area contributed by atoms with E-state index in [1.807, 2.05) is 0 Å². The average molecular weight is 463 g/mol. The first kappa shape index (κ1) is 21.6. The van der Waals surface area contributed by atoms with E-state index in [0.717, 1.165) is 0 Å². The number of rotatable bonds is 4. The molecule has 3 rings (SSSR count). The Labute approximate surface area is 187 Å². The Morgan fingerprint density at radius 1 is 0.633 bits per heavy atom. The van der Waals surface area contributed by atoms with Crippen molar-refractivity contribution >= 4 is 58.2 Å². The van der Waals surface area contributed by atoms with Gasteiger partial charge in [-0.3, -0.25) is 25.2 Å². The summed E-state index contributed by atoms with van der Waals surface area (Å²) >= 11 is 17.7. The molecule has 0 spiro atoms. The Bertz CT molecular complexity index is 1120. The summed E-state index contributed by atoms with van der Waals surface area (Å²) < 4.78 is 0. The lowest BCUT2D eigenvalue weighted by atomic mass is 10.1. The van der Waals surface area contributed by atoms with Crippen LogP contribution in [0.25, 0.3) is 0 Å². The van der Waals surface area contributed by atoms with Crippen LogP contribution in [0.1, 0.15) is 31.1 Å². The lowest BCUT2D eigenvalue weighted by molar-refractivity contribution is 0.0846. The SMILES string of the molecule is O=C(NNC(=O)c1cccc(NC(=O)c2ccc(Cl)cc2Cl)c1)c1ccc(Cl)cc1. The van der Waals surface area contributed by atoms with Crippen molar-refractivity contribution in [1.82, 2.24) is 10.9 Å². The minimum Gasteiger partial charge on any atom is -0.322 e. The van der Waals surface area contributed by atoms with Crippen LogP contribution in [-0.2, 0) is 0 Å². The van der Waals surface area contributed by atoms with Gasteiger partial charge < -0.3 is 5.32 Å². The fourth-order valence-corrected chi connectivity index (χ4v) is 3.09. The highest BCUT2D eigenvalue weighted by Crippen LogP contribution is 2.22. The minimum atomic E-state index is -0.557. The molecule has 0 fully saturated rings. The van der Waals surface area contributed by atoms with Crippen LogP contribution in [0.3, 0.4) is 0 Å². The Morgan fingerprint density at radius 2 is 1.27 bits per heavy atom. The van der Waals surface area contributed by atoms with Crippen molar-refractivity contribution in [3.63, 3.8) is 0 Å². The van der Waals surface area contributed by atoms with Crippen molar-refractivity contribution in [2.75, 3.05) is 5.32 Å². The smallest absolute Gasteiger partial charge is 0.269 e. The molecule has 3 aromatic rings. The third-order valence-electron chi connectivity index (χ3n) is 3.95. The van der Waals surface area contributed by atoms with Crippen LogP contribution < -0.4 is 16.2 Å². The second kappa shape index (κ2) is 9.63. The number of carbonyl (C=O) groups excluding carboxylic acids is 3. The number of hydrogen-bond acceptors (Lipinski definition) is 3. The topological polar surface area (TPSA) is 87.3 Å². The number of hydrogen-bond donors (Lipinski definition) is 3. The summed E-state index contributed by atoms with van der Waals surface area (Å²) in [4.78, 5) is 36.8. The molecule has 0 aliphatic carbocycles. The Kier molecular flexibility index (Phi) is 6.95. The summed E-state index contributed by atoms with van der Waals surface area (Å²) in [6, 6.07) is 16.9. The summed E-state index contributed by atoms with van der Waals surface area (Å²) in [7, 11) is 0. The third-order valence-corrected chi connectivity index (χ3v) is 4.75. The van der Waals surface area contributed by atoms with E-state index < -0.39 is 17.7 Å². The molecule has 3 aromatic carbocycles. The maximum Gasteiger partial charge on any atom is 0.269 e. The highest BCUT2D eigenvalue weighted by Gasteiger charge is 2.13. The zero-order valence-electron chi connectivity index (χ0n) is 15.2. The molecular weight excluding hydrogens is 449 g/mol.